The number of sulfonamides is 1. The molecule has 2 aromatic carbocycles. The molecule has 1 aliphatic carbocycles. The predicted octanol–water partition coefficient (Wildman–Crippen LogP) is 5.24. The molecule has 170 valence electrons. The van der Waals surface area contributed by atoms with Crippen molar-refractivity contribution in [1.29, 1.82) is 0 Å². The standard InChI is InChI=1S/C22H23Cl2N3O3S2/c1-26-20-18(24)12-15(23)13-19(20)31-22(26)25-21(28)14-8-10-17(11-9-14)32(29,30)27(2)16-6-4-3-5-7-16/h8-13,16H,3-7H2,1-2H3. The lowest BCUT2D eigenvalue weighted by atomic mass is 9.96. The van der Waals surface area contributed by atoms with Crippen LogP contribution in [0.15, 0.2) is 46.3 Å². The van der Waals surface area contributed by atoms with Gasteiger partial charge in [-0.05, 0) is 49.2 Å². The number of rotatable bonds is 4. The highest BCUT2D eigenvalue weighted by Gasteiger charge is 2.29. The first-order valence-corrected chi connectivity index (χ1v) is 13.3. The first-order valence-electron chi connectivity index (χ1n) is 10.3. The molecule has 0 spiro atoms. The number of hydrogen-bond donors (Lipinski definition) is 0. The van der Waals surface area contributed by atoms with Crippen molar-refractivity contribution in [2.45, 2.75) is 43.0 Å². The summed E-state index contributed by atoms with van der Waals surface area (Å²) in [4.78, 5) is 17.6. The van der Waals surface area contributed by atoms with Gasteiger partial charge in [0.05, 0.1) is 20.1 Å². The van der Waals surface area contributed by atoms with E-state index < -0.39 is 15.9 Å². The lowest BCUT2D eigenvalue weighted by Crippen LogP contribution is -2.38. The molecule has 32 heavy (non-hydrogen) atoms. The first kappa shape index (κ1) is 23.4. The molecule has 1 saturated carbocycles. The zero-order valence-electron chi connectivity index (χ0n) is 17.7. The van der Waals surface area contributed by atoms with Crippen LogP contribution in [0.5, 0.6) is 0 Å². The fourth-order valence-corrected chi connectivity index (χ4v) is 7.27. The van der Waals surface area contributed by atoms with Crippen molar-refractivity contribution >= 4 is 60.7 Å². The van der Waals surface area contributed by atoms with Crippen molar-refractivity contribution in [2.75, 3.05) is 7.05 Å². The molecule has 0 N–H and O–H groups in total. The third-order valence-electron chi connectivity index (χ3n) is 5.88. The average Bonchev–Trinajstić information content (AvgIpc) is 3.08. The van der Waals surface area contributed by atoms with Crippen LogP contribution in [0, 0.1) is 0 Å². The van der Waals surface area contributed by atoms with Crippen molar-refractivity contribution in [3.05, 3.63) is 56.8 Å². The maximum atomic E-state index is 13.0. The van der Waals surface area contributed by atoms with Gasteiger partial charge in [-0.1, -0.05) is 53.8 Å². The van der Waals surface area contributed by atoms with Gasteiger partial charge in [0.1, 0.15) is 0 Å². The van der Waals surface area contributed by atoms with Gasteiger partial charge in [0, 0.05) is 30.7 Å². The number of carbonyl (C=O) groups is 1. The normalized spacial score (nSPS) is 16.2. The van der Waals surface area contributed by atoms with Gasteiger partial charge in [-0.15, -0.1) is 0 Å². The highest BCUT2D eigenvalue weighted by atomic mass is 35.5. The van der Waals surface area contributed by atoms with Gasteiger partial charge >= 0.3 is 0 Å². The number of halogens is 2. The third-order valence-corrected chi connectivity index (χ3v) is 9.39. The summed E-state index contributed by atoms with van der Waals surface area (Å²) in [7, 11) is -0.194. The lowest BCUT2D eigenvalue weighted by Gasteiger charge is -2.30. The zero-order chi connectivity index (χ0) is 23.0. The molecule has 0 aliphatic heterocycles. The van der Waals surface area contributed by atoms with Gasteiger partial charge in [-0.2, -0.15) is 9.30 Å². The number of thiazole rings is 1. The van der Waals surface area contributed by atoms with Gasteiger partial charge < -0.3 is 4.57 Å². The summed E-state index contributed by atoms with van der Waals surface area (Å²) in [6, 6.07) is 9.40. The van der Waals surface area contributed by atoms with E-state index in [1.54, 1.807) is 30.8 Å². The van der Waals surface area contributed by atoms with E-state index in [1.165, 1.54) is 39.9 Å². The van der Waals surface area contributed by atoms with E-state index >= 15 is 0 Å². The topological polar surface area (TPSA) is 71.7 Å². The first-order chi connectivity index (χ1) is 15.2. The molecule has 10 heteroatoms. The number of hydrogen-bond acceptors (Lipinski definition) is 4. The number of amides is 1. The van der Waals surface area contributed by atoms with Crippen LogP contribution in [-0.2, 0) is 17.1 Å². The van der Waals surface area contributed by atoms with Gasteiger partial charge in [0.15, 0.2) is 4.80 Å². The lowest BCUT2D eigenvalue weighted by molar-refractivity contribution is 0.0998. The highest BCUT2D eigenvalue weighted by Crippen LogP contribution is 2.29. The molecular formula is C22H23Cl2N3O3S2. The van der Waals surface area contributed by atoms with Crippen LogP contribution in [0.25, 0.3) is 10.2 Å². The van der Waals surface area contributed by atoms with Crippen molar-refractivity contribution in [3.8, 4) is 0 Å². The van der Waals surface area contributed by atoms with E-state index in [0.717, 1.165) is 42.3 Å². The summed E-state index contributed by atoms with van der Waals surface area (Å²) in [6.07, 6.45) is 5.01. The maximum Gasteiger partial charge on any atom is 0.279 e. The Bertz CT molecular complexity index is 1340. The second-order valence-electron chi connectivity index (χ2n) is 7.93. The Morgan fingerprint density at radius 1 is 1.12 bits per heavy atom. The van der Waals surface area contributed by atoms with E-state index in [0.29, 0.717) is 20.4 Å². The zero-order valence-corrected chi connectivity index (χ0v) is 20.9. The summed E-state index contributed by atoms with van der Waals surface area (Å²) in [5, 5.41) is 0.994. The molecule has 0 unspecified atom stereocenters. The second kappa shape index (κ2) is 9.27. The largest absolute Gasteiger partial charge is 0.318 e. The third kappa shape index (κ3) is 4.52. The summed E-state index contributed by atoms with van der Waals surface area (Å²) in [6.45, 7) is 0. The minimum Gasteiger partial charge on any atom is -0.318 e. The monoisotopic (exact) mass is 511 g/mol. The van der Waals surface area contributed by atoms with E-state index in [9.17, 15) is 13.2 Å². The van der Waals surface area contributed by atoms with Crippen molar-refractivity contribution in [3.63, 3.8) is 0 Å². The predicted molar refractivity (Wildman–Crippen MR) is 129 cm³/mol. The van der Waals surface area contributed by atoms with Crippen LogP contribution in [0.4, 0.5) is 0 Å². The quantitative estimate of drug-likeness (QED) is 0.480. The highest BCUT2D eigenvalue weighted by molar-refractivity contribution is 7.89. The van der Waals surface area contributed by atoms with Crippen molar-refractivity contribution in [1.82, 2.24) is 8.87 Å². The molecule has 1 amide bonds. The second-order valence-corrected chi connectivity index (χ2v) is 11.8. The number of aryl methyl sites for hydroxylation is 1. The van der Waals surface area contributed by atoms with Gasteiger partial charge in [-0.3, -0.25) is 4.79 Å². The summed E-state index contributed by atoms with van der Waals surface area (Å²) in [5.74, 6) is -0.459. The van der Waals surface area contributed by atoms with Gasteiger partial charge in [0.25, 0.3) is 5.91 Å². The molecule has 6 nitrogen and oxygen atoms in total. The molecule has 1 aromatic heterocycles. The minimum atomic E-state index is -3.61. The fourth-order valence-electron chi connectivity index (χ4n) is 4.03. The summed E-state index contributed by atoms with van der Waals surface area (Å²) in [5.41, 5.74) is 1.06. The van der Waals surface area contributed by atoms with Crippen LogP contribution in [0.1, 0.15) is 42.5 Å². The number of benzene rings is 2. The van der Waals surface area contributed by atoms with Gasteiger partial charge in [0.2, 0.25) is 10.0 Å². The molecule has 0 saturated heterocycles. The number of fused-ring (bicyclic) bond motifs is 1. The van der Waals surface area contributed by atoms with E-state index in [-0.39, 0.29) is 10.9 Å². The number of aromatic nitrogens is 1. The smallest absolute Gasteiger partial charge is 0.279 e. The van der Waals surface area contributed by atoms with Crippen molar-refractivity contribution < 1.29 is 13.2 Å². The molecule has 0 atom stereocenters. The Hall–Kier alpha value is -1.71. The van der Waals surface area contributed by atoms with Gasteiger partial charge in [-0.25, -0.2) is 8.42 Å². The van der Waals surface area contributed by atoms with Crippen LogP contribution in [0.2, 0.25) is 10.0 Å². The molecular weight excluding hydrogens is 489 g/mol. The molecule has 4 rings (SSSR count). The molecule has 1 aliphatic rings. The SMILES string of the molecule is CN(C1CCCCC1)S(=O)(=O)c1ccc(C(=O)N=c2sc3cc(Cl)cc(Cl)c3n2C)cc1. The number of nitrogens with zero attached hydrogens (tertiary/aromatic N) is 3. The van der Waals surface area contributed by atoms with Crippen LogP contribution in [0.3, 0.4) is 0 Å². The van der Waals surface area contributed by atoms with Crippen LogP contribution < -0.4 is 4.80 Å². The molecule has 3 aromatic rings. The van der Waals surface area contributed by atoms with E-state index in [2.05, 4.69) is 4.99 Å². The average molecular weight is 512 g/mol. The molecule has 1 fully saturated rings. The van der Waals surface area contributed by atoms with E-state index in [4.69, 9.17) is 23.2 Å². The van der Waals surface area contributed by atoms with Crippen LogP contribution in [-0.4, -0.2) is 36.3 Å². The minimum absolute atomic E-state index is 0.0262. The van der Waals surface area contributed by atoms with Crippen LogP contribution >= 0.6 is 34.5 Å². The summed E-state index contributed by atoms with van der Waals surface area (Å²) < 4.78 is 30.0. The Kier molecular flexibility index (Phi) is 6.79. The van der Waals surface area contributed by atoms with Crippen molar-refractivity contribution in [2.24, 2.45) is 12.0 Å². The Morgan fingerprint density at radius 2 is 1.78 bits per heavy atom. The Balaban J connectivity index is 1.61. The maximum absolute atomic E-state index is 13.0. The Labute approximate surface area is 201 Å². The molecule has 0 bridgehead atoms. The van der Waals surface area contributed by atoms with E-state index in [1.807, 2.05) is 0 Å². The molecule has 1 heterocycles. The fraction of sp³-hybridized carbons (Fsp3) is 0.364. The summed E-state index contributed by atoms with van der Waals surface area (Å²) >= 11 is 13.7. The Morgan fingerprint density at radius 3 is 2.44 bits per heavy atom. The molecule has 0 radical (unpaired) electrons. The number of carbonyl (C=O) groups excluding carboxylic acids is 1.